The number of aromatic nitrogens is 3. The van der Waals surface area contributed by atoms with Crippen molar-refractivity contribution in [3.63, 3.8) is 0 Å². The summed E-state index contributed by atoms with van der Waals surface area (Å²) in [6.45, 7) is 0. The number of carboxylic acids is 1. The average molecular weight is 268 g/mol. The lowest BCUT2D eigenvalue weighted by Gasteiger charge is -2.19. The lowest BCUT2D eigenvalue weighted by Crippen LogP contribution is -2.17. The van der Waals surface area contributed by atoms with Gasteiger partial charge in [-0.05, 0) is 37.5 Å². The summed E-state index contributed by atoms with van der Waals surface area (Å²) < 4.78 is 1.98. The number of nitrogens with two attached hydrogens (primary N) is 1. The molecule has 18 heavy (non-hydrogen) atoms. The van der Waals surface area contributed by atoms with E-state index in [0.29, 0.717) is 29.0 Å². The highest BCUT2D eigenvalue weighted by Gasteiger charge is 2.44. The number of carboxylic acid groups (broad SMARTS) is 1. The van der Waals surface area contributed by atoms with E-state index in [0.717, 1.165) is 0 Å². The van der Waals surface area contributed by atoms with Gasteiger partial charge in [0, 0.05) is 6.04 Å². The molecule has 0 amide bonds. The molecule has 1 aromatic heterocycles. The molecule has 0 spiro atoms. The molecule has 6 nitrogen and oxygen atoms in total. The zero-order valence-electron chi connectivity index (χ0n) is 9.95. The molecule has 2 fully saturated rings. The maximum atomic E-state index is 10.6. The summed E-state index contributed by atoms with van der Waals surface area (Å²) in [5.74, 6) is 0.939. The molecule has 2 saturated carbocycles. The minimum Gasteiger partial charge on any atom is -0.481 e. The number of nitrogen functional groups attached to an aromatic ring is 1. The highest BCUT2D eigenvalue weighted by atomic mass is 32.2. The number of anilines is 1. The molecular weight excluding hydrogens is 252 g/mol. The van der Waals surface area contributed by atoms with Gasteiger partial charge in [-0.25, -0.2) is 0 Å². The number of thioether (sulfide) groups is 1. The van der Waals surface area contributed by atoms with E-state index in [2.05, 4.69) is 10.2 Å². The molecular formula is C11H16N4O2S. The summed E-state index contributed by atoms with van der Waals surface area (Å²) >= 11 is 1.20. The van der Waals surface area contributed by atoms with E-state index in [1.165, 1.54) is 37.4 Å². The van der Waals surface area contributed by atoms with Crippen molar-refractivity contribution in [2.24, 2.45) is 11.8 Å². The summed E-state index contributed by atoms with van der Waals surface area (Å²) in [7, 11) is 0. The van der Waals surface area contributed by atoms with Gasteiger partial charge in [0.1, 0.15) is 0 Å². The molecule has 0 aliphatic heterocycles. The third kappa shape index (κ3) is 2.31. The summed E-state index contributed by atoms with van der Waals surface area (Å²) in [5, 5.41) is 17.3. The smallest absolute Gasteiger partial charge is 0.313 e. The van der Waals surface area contributed by atoms with E-state index in [-0.39, 0.29) is 5.75 Å². The maximum absolute atomic E-state index is 10.6. The average Bonchev–Trinajstić information content (AvgIpc) is 3.20. The quantitative estimate of drug-likeness (QED) is 0.757. The minimum atomic E-state index is -0.845. The normalized spacial score (nSPS) is 19.4. The first-order valence-corrected chi connectivity index (χ1v) is 7.20. The molecule has 7 heteroatoms. The number of aliphatic carboxylic acids is 1. The predicted molar refractivity (Wildman–Crippen MR) is 67.3 cm³/mol. The molecule has 0 unspecified atom stereocenters. The SMILES string of the molecule is Nc1nnc(SCC(=O)O)n1C(C1CC1)C1CC1. The summed E-state index contributed by atoms with van der Waals surface area (Å²) in [5.41, 5.74) is 5.91. The maximum Gasteiger partial charge on any atom is 0.313 e. The van der Waals surface area contributed by atoms with E-state index in [1.54, 1.807) is 0 Å². The van der Waals surface area contributed by atoms with Crippen LogP contribution in [-0.2, 0) is 4.79 Å². The van der Waals surface area contributed by atoms with Crippen LogP contribution in [0.4, 0.5) is 5.95 Å². The van der Waals surface area contributed by atoms with Gasteiger partial charge in [-0.3, -0.25) is 9.36 Å². The monoisotopic (exact) mass is 268 g/mol. The topological polar surface area (TPSA) is 94.0 Å². The Bertz CT molecular complexity index is 456. The summed E-state index contributed by atoms with van der Waals surface area (Å²) in [4.78, 5) is 10.6. The van der Waals surface area contributed by atoms with E-state index >= 15 is 0 Å². The van der Waals surface area contributed by atoms with Crippen LogP contribution in [0.3, 0.4) is 0 Å². The highest BCUT2D eigenvalue weighted by Crippen LogP contribution is 2.53. The van der Waals surface area contributed by atoms with Crippen molar-refractivity contribution in [3.05, 3.63) is 0 Å². The van der Waals surface area contributed by atoms with Gasteiger partial charge in [0.25, 0.3) is 0 Å². The van der Waals surface area contributed by atoms with Crippen molar-refractivity contribution < 1.29 is 9.90 Å². The Morgan fingerprint density at radius 2 is 2.00 bits per heavy atom. The van der Waals surface area contributed by atoms with E-state index < -0.39 is 5.97 Å². The fraction of sp³-hybridized carbons (Fsp3) is 0.727. The Balaban J connectivity index is 1.84. The van der Waals surface area contributed by atoms with Crippen molar-refractivity contribution >= 4 is 23.7 Å². The van der Waals surface area contributed by atoms with Gasteiger partial charge in [0.15, 0.2) is 5.16 Å². The fourth-order valence-electron chi connectivity index (χ4n) is 2.48. The van der Waals surface area contributed by atoms with Crippen LogP contribution in [0, 0.1) is 11.8 Å². The third-order valence-electron chi connectivity index (χ3n) is 3.52. The summed E-state index contributed by atoms with van der Waals surface area (Å²) in [6.07, 6.45) is 4.95. The number of carbonyl (C=O) groups is 1. The molecule has 1 heterocycles. The van der Waals surface area contributed by atoms with Crippen LogP contribution in [0.15, 0.2) is 5.16 Å². The Labute approximate surface area is 109 Å². The molecule has 1 aromatic rings. The second-order valence-electron chi connectivity index (χ2n) is 5.06. The number of nitrogens with zero attached hydrogens (tertiary/aromatic N) is 3. The van der Waals surface area contributed by atoms with Gasteiger partial charge in [-0.1, -0.05) is 11.8 Å². The van der Waals surface area contributed by atoms with Crippen LogP contribution in [0.1, 0.15) is 31.7 Å². The standard InChI is InChI=1S/C11H16N4O2S/c12-10-13-14-11(18-5-8(16)17)15(10)9(6-1-2-6)7-3-4-7/h6-7,9H,1-5H2,(H2,12,13)(H,16,17). The molecule has 0 aromatic carbocycles. The number of rotatable bonds is 6. The Morgan fingerprint density at radius 3 is 2.50 bits per heavy atom. The van der Waals surface area contributed by atoms with Crippen LogP contribution < -0.4 is 5.73 Å². The van der Waals surface area contributed by atoms with Gasteiger partial charge in [0.2, 0.25) is 5.95 Å². The number of hydrogen-bond donors (Lipinski definition) is 2. The third-order valence-corrected chi connectivity index (χ3v) is 4.45. The van der Waals surface area contributed by atoms with Crippen LogP contribution >= 0.6 is 11.8 Å². The predicted octanol–water partition coefficient (Wildman–Crippen LogP) is 1.40. The molecule has 2 aliphatic carbocycles. The first kappa shape index (κ1) is 11.8. The van der Waals surface area contributed by atoms with Gasteiger partial charge in [-0.2, -0.15) is 0 Å². The van der Waals surface area contributed by atoms with Gasteiger partial charge in [-0.15, -0.1) is 10.2 Å². The van der Waals surface area contributed by atoms with E-state index in [4.69, 9.17) is 10.8 Å². The molecule has 0 saturated heterocycles. The second-order valence-corrected chi connectivity index (χ2v) is 6.00. The van der Waals surface area contributed by atoms with Crippen molar-refractivity contribution in [1.29, 1.82) is 0 Å². The van der Waals surface area contributed by atoms with Gasteiger partial charge >= 0.3 is 5.97 Å². The zero-order chi connectivity index (χ0) is 12.7. The summed E-state index contributed by atoms with van der Waals surface area (Å²) in [6, 6.07) is 0.385. The first-order chi connectivity index (χ1) is 8.66. The number of hydrogen-bond acceptors (Lipinski definition) is 5. The van der Waals surface area contributed by atoms with E-state index in [1.807, 2.05) is 4.57 Å². The zero-order valence-corrected chi connectivity index (χ0v) is 10.8. The largest absolute Gasteiger partial charge is 0.481 e. The lowest BCUT2D eigenvalue weighted by atomic mass is 10.1. The van der Waals surface area contributed by atoms with Crippen molar-refractivity contribution in [1.82, 2.24) is 14.8 Å². The molecule has 0 radical (unpaired) electrons. The lowest BCUT2D eigenvalue weighted by molar-refractivity contribution is -0.133. The van der Waals surface area contributed by atoms with Crippen LogP contribution in [0.5, 0.6) is 0 Å². The van der Waals surface area contributed by atoms with Crippen LogP contribution in [-0.4, -0.2) is 31.6 Å². The van der Waals surface area contributed by atoms with E-state index in [9.17, 15) is 4.79 Å². The second kappa shape index (κ2) is 4.46. The molecule has 98 valence electrons. The van der Waals surface area contributed by atoms with Crippen LogP contribution in [0.2, 0.25) is 0 Å². The Kier molecular flexibility index (Phi) is 2.93. The first-order valence-electron chi connectivity index (χ1n) is 6.22. The minimum absolute atomic E-state index is 0.000185. The van der Waals surface area contributed by atoms with Gasteiger partial charge in [0.05, 0.1) is 5.75 Å². The Morgan fingerprint density at radius 1 is 1.39 bits per heavy atom. The van der Waals surface area contributed by atoms with Gasteiger partial charge < -0.3 is 10.8 Å². The highest BCUT2D eigenvalue weighted by molar-refractivity contribution is 7.99. The molecule has 3 rings (SSSR count). The molecule has 0 bridgehead atoms. The molecule has 0 atom stereocenters. The fourth-order valence-corrected chi connectivity index (χ4v) is 3.18. The Hall–Kier alpha value is -1.24. The van der Waals surface area contributed by atoms with Crippen LogP contribution in [0.25, 0.3) is 0 Å². The molecule has 3 N–H and O–H groups in total. The van der Waals surface area contributed by atoms with Crippen molar-refractivity contribution in [2.75, 3.05) is 11.5 Å². The molecule has 2 aliphatic rings. The van der Waals surface area contributed by atoms with Crippen molar-refractivity contribution in [2.45, 2.75) is 36.9 Å². The van der Waals surface area contributed by atoms with Crippen molar-refractivity contribution in [3.8, 4) is 0 Å².